The van der Waals surface area contributed by atoms with Crippen molar-refractivity contribution >= 4 is 17.7 Å². The van der Waals surface area contributed by atoms with Gasteiger partial charge in [0.1, 0.15) is 4.75 Å². The molecule has 1 N–H and O–H groups in total. The second-order valence-corrected chi connectivity index (χ2v) is 5.52. The molecule has 1 aromatic rings. The molecule has 0 fully saturated rings. The number of carboxylic acid groups (broad SMARTS) is 1. The van der Waals surface area contributed by atoms with Gasteiger partial charge >= 0.3 is 5.97 Å². The minimum Gasteiger partial charge on any atom is -0.480 e. The Kier molecular flexibility index (Phi) is 4.28. The van der Waals surface area contributed by atoms with Crippen LogP contribution in [0.4, 0.5) is 0 Å². The van der Waals surface area contributed by atoms with Crippen LogP contribution in [0.15, 0.2) is 0 Å². The van der Waals surface area contributed by atoms with E-state index in [1.807, 2.05) is 6.92 Å². The smallest absolute Gasteiger partial charge is 0.319 e. The molecule has 90 valence electrons. The third-order valence-corrected chi connectivity index (χ3v) is 3.42. The highest BCUT2D eigenvalue weighted by Crippen LogP contribution is 2.27. The highest BCUT2D eigenvalue weighted by Gasteiger charge is 2.28. The van der Waals surface area contributed by atoms with Crippen LogP contribution in [0.25, 0.3) is 0 Å². The molecule has 7 heteroatoms. The number of rotatable bonds is 6. The summed E-state index contributed by atoms with van der Waals surface area (Å²) in [5.41, 5.74) is 0. The average Bonchev–Trinajstić information content (AvgIpc) is 2.63. The van der Waals surface area contributed by atoms with Crippen molar-refractivity contribution in [3.63, 3.8) is 0 Å². The van der Waals surface area contributed by atoms with Crippen LogP contribution < -0.4 is 0 Å². The van der Waals surface area contributed by atoms with E-state index in [2.05, 4.69) is 15.5 Å². The molecule has 0 atom stereocenters. The van der Waals surface area contributed by atoms with Gasteiger partial charge in [0, 0.05) is 6.54 Å². The quantitative estimate of drug-likeness (QED) is 0.809. The van der Waals surface area contributed by atoms with Gasteiger partial charge in [0.25, 0.3) is 0 Å². The largest absolute Gasteiger partial charge is 0.480 e. The fraction of sp³-hybridized carbons (Fsp3) is 0.778. The Balaban J connectivity index is 2.60. The van der Waals surface area contributed by atoms with Crippen LogP contribution >= 0.6 is 11.8 Å². The summed E-state index contributed by atoms with van der Waals surface area (Å²) >= 11 is 1.32. The first-order valence-corrected chi connectivity index (χ1v) is 6.08. The normalized spacial score (nSPS) is 11.7. The molecular formula is C9H16N4O2S. The van der Waals surface area contributed by atoms with Gasteiger partial charge in [0.2, 0.25) is 0 Å². The molecule has 1 aromatic heterocycles. The second kappa shape index (κ2) is 5.29. The number of aromatic nitrogens is 4. The van der Waals surface area contributed by atoms with Crippen LogP contribution in [-0.4, -0.2) is 36.0 Å². The zero-order chi connectivity index (χ0) is 12.2. The van der Waals surface area contributed by atoms with E-state index in [-0.39, 0.29) is 0 Å². The van der Waals surface area contributed by atoms with Crippen molar-refractivity contribution in [2.75, 3.05) is 0 Å². The monoisotopic (exact) mass is 244 g/mol. The lowest BCUT2D eigenvalue weighted by Crippen LogP contribution is -2.27. The summed E-state index contributed by atoms with van der Waals surface area (Å²) in [4.78, 5) is 10.9. The Bertz CT molecular complexity index is 364. The number of carboxylic acids is 1. The number of thioether (sulfide) groups is 1. The zero-order valence-corrected chi connectivity index (χ0v) is 10.5. The maximum atomic E-state index is 10.9. The Morgan fingerprint density at radius 2 is 2.25 bits per heavy atom. The van der Waals surface area contributed by atoms with E-state index in [1.54, 1.807) is 18.5 Å². The first-order chi connectivity index (χ1) is 7.47. The average molecular weight is 244 g/mol. The van der Waals surface area contributed by atoms with Crippen molar-refractivity contribution in [1.29, 1.82) is 0 Å². The van der Waals surface area contributed by atoms with E-state index in [9.17, 15) is 4.79 Å². The van der Waals surface area contributed by atoms with E-state index in [4.69, 9.17) is 5.11 Å². The molecule has 1 heterocycles. The maximum absolute atomic E-state index is 10.9. The van der Waals surface area contributed by atoms with Gasteiger partial charge in [-0.05, 0) is 30.7 Å². The summed E-state index contributed by atoms with van der Waals surface area (Å²) in [5, 5.41) is 20.3. The summed E-state index contributed by atoms with van der Waals surface area (Å²) in [6.45, 7) is 6.15. The molecule has 1 rings (SSSR count). The first-order valence-electron chi connectivity index (χ1n) is 5.09. The summed E-state index contributed by atoms with van der Waals surface area (Å²) < 4.78 is 0.897. The van der Waals surface area contributed by atoms with Crippen molar-refractivity contribution in [1.82, 2.24) is 20.2 Å². The van der Waals surface area contributed by atoms with E-state index >= 15 is 0 Å². The highest BCUT2D eigenvalue weighted by molar-refractivity contribution is 8.00. The lowest BCUT2D eigenvalue weighted by atomic mass is 10.2. The molecule has 0 aliphatic heterocycles. The Labute approximate surface area is 98.4 Å². The van der Waals surface area contributed by atoms with E-state index in [0.717, 1.165) is 18.8 Å². The third kappa shape index (κ3) is 3.19. The Hall–Kier alpha value is -1.11. The van der Waals surface area contributed by atoms with Crippen LogP contribution in [0.1, 0.15) is 33.0 Å². The number of hydrogen-bond acceptors (Lipinski definition) is 5. The first kappa shape index (κ1) is 13.0. The summed E-state index contributed by atoms with van der Waals surface area (Å²) in [7, 11) is 0. The van der Waals surface area contributed by atoms with Crippen LogP contribution in [0.5, 0.6) is 0 Å². The summed E-state index contributed by atoms with van der Waals surface area (Å²) in [6.07, 6.45) is 0.949. The molecule has 6 nitrogen and oxygen atoms in total. The molecule has 0 bridgehead atoms. The highest BCUT2D eigenvalue weighted by atomic mass is 32.2. The lowest BCUT2D eigenvalue weighted by molar-refractivity contribution is -0.138. The third-order valence-electron chi connectivity index (χ3n) is 2.12. The summed E-state index contributed by atoms with van der Waals surface area (Å²) in [6, 6.07) is 0. The molecule has 0 radical (unpaired) electrons. The number of nitrogens with zero attached hydrogens (tertiary/aromatic N) is 4. The Morgan fingerprint density at radius 3 is 2.81 bits per heavy atom. The van der Waals surface area contributed by atoms with Crippen LogP contribution in [-0.2, 0) is 17.1 Å². The lowest BCUT2D eigenvalue weighted by Gasteiger charge is -2.17. The minimum atomic E-state index is -0.827. The predicted molar refractivity (Wildman–Crippen MR) is 61.1 cm³/mol. The zero-order valence-electron chi connectivity index (χ0n) is 9.67. The van der Waals surface area contributed by atoms with Gasteiger partial charge in [-0.15, -0.1) is 16.9 Å². The van der Waals surface area contributed by atoms with Crippen molar-refractivity contribution < 1.29 is 9.90 Å². The standard InChI is InChI=1S/C9H16N4O2S/c1-4-5-13-7(10-11-12-13)6-16-9(2,3)8(14)15/h4-6H2,1-3H3,(H,14,15). The molecule has 0 unspecified atom stereocenters. The second-order valence-electron chi connectivity index (χ2n) is 3.92. The van der Waals surface area contributed by atoms with E-state index in [0.29, 0.717) is 5.75 Å². The van der Waals surface area contributed by atoms with Crippen molar-refractivity contribution in [2.45, 2.75) is 44.2 Å². The van der Waals surface area contributed by atoms with Gasteiger partial charge in [-0.3, -0.25) is 4.79 Å². The minimum absolute atomic E-state index is 0.506. The molecule has 0 aliphatic carbocycles. The molecule has 16 heavy (non-hydrogen) atoms. The van der Waals surface area contributed by atoms with Crippen molar-refractivity contribution in [3.8, 4) is 0 Å². The topological polar surface area (TPSA) is 80.9 Å². The SMILES string of the molecule is CCCn1nnnc1CSC(C)(C)C(=O)O. The van der Waals surface area contributed by atoms with Crippen LogP contribution in [0, 0.1) is 0 Å². The molecule has 0 saturated carbocycles. The summed E-state index contributed by atoms with van der Waals surface area (Å²) in [5.74, 6) is 0.403. The maximum Gasteiger partial charge on any atom is 0.319 e. The molecule has 0 saturated heterocycles. The van der Waals surface area contributed by atoms with Gasteiger partial charge < -0.3 is 5.11 Å². The van der Waals surface area contributed by atoms with Gasteiger partial charge in [0.15, 0.2) is 5.82 Å². The van der Waals surface area contributed by atoms with E-state index < -0.39 is 10.7 Å². The Morgan fingerprint density at radius 1 is 1.56 bits per heavy atom. The van der Waals surface area contributed by atoms with Gasteiger partial charge in [-0.1, -0.05) is 6.92 Å². The molecular weight excluding hydrogens is 228 g/mol. The van der Waals surface area contributed by atoms with Crippen LogP contribution in [0.2, 0.25) is 0 Å². The van der Waals surface area contributed by atoms with E-state index in [1.165, 1.54) is 11.8 Å². The fourth-order valence-electron chi connectivity index (χ4n) is 1.02. The molecule has 0 aromatic carbocycles. The number of aryl methyl sites for hydroxylation is 1. The van der Waals surface area contributed by atoms with Crippen molar-refractivity contribution in [3.05, 3.63) is 5.82 Å². The van der Waals surface area contributed by atoms with Gasteiger partial charge in [-0.2, -0.15) is 0 Å². The van der Waals surface area contributed by atoms with Gasteiger partial charge in [0.05, 0.1) is 5.75 Å². The molecule has 0 aliphatic rings. The number of hydrogen-bond donors (Lipinski definition) is 1. The van der Waals surface area contributed by atoms with Gasteiger partial charge in [-0.25, -0.2) is 4.68 Å². The van der Waals surface area contributed by atoms with Crippen LogP contribution in [0.3, 0.4) is 0 Å². The fourth-order valence-corrected chi connectivity index (χ4v) is 1.84. The number of carbonyl (C=O) groups is 1. The number of aliphatic carboxylic acids is 1. The molecule has 0 spiro atoms. The number of tetrazole rings is 1. The van der Waals surface area contributed by atoms with Crippen molar-refractivity contribution in [2.24, 2.45) is 0 Å². The predicted octanol–water partition coefficient (Wildman–Crippen LogP) is 1.18. The molecule has 0 amide bonds.